The normalized spacial score (nSPS) is 10.8. The van der Waals surface area contributed by atoms with Crippen molar-refractivity contribution >= 4 is 12.0 Å². The van der Waals surface area contributed by atoms with Crippen LogP contribution in [0.2, 0.25) is 0 Å². The van der Waals surface area contributed by atoms with Gasteiger partial charge in [0.05, 0.1) is 6.33 Å². The Kier molecular flexibility index (Phi) is 2.82. The second-order valence-corrected chi connectivity index (χ2v) is 3.30. The highest BCUT2D eigenvalue weighted by atomic mass is 16.1. The van der Waals surface area contributed by atoms with Crippen LogP contribution in [-0.2, 0) is 4.79 Å². The molecule has 4 nitrogen and oxygen atoms in total. The van der Waals surface area contributed by atoms with Gasteiger partial charge in [-0.15, -0.1) is 0 Å². The molecule has 1 heterocycles. The molecular formula is C12H11N3O. The van der Waals surface area contributed by atoms with Crippen molar-refractivity contribution in [3.63, 3.8) is 0 Å². The van der Waals surface area contributed by atoms with Crippen molar-refractivity contribution in [2.45, 2.75) is 0 Å². The second kappa shape index (κ2) is 4.44. The van der Waals surface area contributed by atoms with E-state index in [-0.39, 0.29) is 0 Å². The van der Waals surface area contributed by atoms with Crippen molar-refractivity contribution in [2.24, 2.45) is 5.73 Å². The molecule has 1 amide bonds. The van der Waals surface area contributed by atoms with Crippen LogP contribution in [0.3, 0.4) is 0 Å². The number of primary amides is 1. The molecule has 2 aromatic rings. The van der Waals surface area contributed by atoms with E-state index in [0.29, 0.717) is 0 Å². The van der Waals surface area contributed by atoms with Crippen molar-refractivity contribution in [3.8, 4) is 5.69 Å². The lowest BCUT2D eigenvalue weighted by molar-refractivity contribution is -0.113. The fourth-order valence-corrected chi connectivity index (χ4v) is 1.35. The maximum absolute atomic E-state index is 10.5. The van der Waals surface area contributed by atoms with Gasteiger partial charge in [-0.1, -0.05) is 12.1 Å². The Hall–Kier alpha value is -2.36. The first-order valence-electron chi connectivity index (χ1n) is 4.81. The summed E-state index contributed by atoms with van der Waals surface area (Å²) in [5.74, 6) is -0.446. The highest BCUT2D eigenvalue weighted by Gasteiger charge is 1.94. The Morgan fingerprint density at radius 3 is 2.62 bits per heavy atom. The Labute approximate surface area is 93.0 Å². The molecule has 2 N–H and O–H groups in total. The number of amides is 1. The van der Waals surface area contributed by atoms with Crippen LogP contribution in [0.5, 0.6) is 0 Å². The van der Waals surface area contributed by atoms with E-state index in [1.165, 1.54) is 6.08 Å². The largest absolute Gasteiger partial charge is 0.366 e. The number of nitrogens with zero attached hydrogens (tertiary/aromatic N) is 2. The molecular weight excluding hydrogens is 202 g/mol. The lowest BCUT2D eigenvalue weighted by Gasteiger charge is -2.01. The van der Waals surface area contributed by atoms with E-state index in [9.17, 15) is 4.79 Å². The Bertz CT molecular complexity index is 498. The molecule has 0 saturated carbocycles. The summed E-state index contributed by atoms with van der Waals surface area (Å²) in [4.78, 5) is 14.5. The Morgan fingerprint density at radius 2 is 2.06 bits per heavy atom. The van der Waals surface area contributed by atoms with E-state index in [4.69, 9.17) is 5.73 Å². The van der Waals surface area contributed by atoms with Gasteiger partial charge in [0.25, 0.3) is 0 Å². The van der Waals surface area contributed by atoms with Gasteiger partial charge in [0.1, 0.15) is 0 Å². The fraction of sp³-hybridized carbons (Fsp3) is 0. The van der Waals surface area contributed by atoms with E-state index < -0.39 is 5.91 Å². The minimum absolute atomic E-state index is 0.446. The van der Waals surface area contributed by atoms with Crippen molar-refractivity contribution in [1.29, 1.82) is 0 Å². The number of rotatable bonds is 3. The minimum Gasteiger partial charge on any atom is -0.366 e. The molecule has 0 spiro atoms. The summed E-state index contributed by atoms with van der Waals surface area (Å²) in [7, 11) is 0. The lowest BCUT2D eigenvalue weighted by atomic mass is 10.2. The third-order valence-corrected chi connectivity index (χ3v) is 2.14. The highest BCUT2D eigenvalue weighted by Crippen LogP contribution is 2.10. The van der Waals surface area contributed by atoms with E-state index in [2.05, 4.69) is 4.98 Å². The van der Waals surface area contributed by atoms with Gasteiger partial charge in [-0.25, -0.2) is 4.98 Å². The number of nitrogens with two attached hydrogens (primary N) is 1. The average molecular weight is 213 g/mol. The number of carbonyl (C=O) groups is 1. The molecule has 2 rings (SSSR count). The molecule has 0 unspecified atom stereocenters. The van der Waals surface area contributed by atoms with Crippen LogP contribution >= 0.6 is 0 Å². The van der Waals surface area contributed by atoms with E-state index in [1.807, 2.05) is 35.0 Å². The number of imidazole rings is 1. The average Bonchev–Trinajstić information content (AvgIpc) is 2.80. The van der Waals surface area contributed by atoms with Crippen molar-refractivity contribution in [3.05, 3.63) is 54.6 Å². The third-order valence-electron chi connectivity index (χ3n) is 2.14. The summed E-state index contributed by atoms with van der Waals surface area (Å²) >= 11 is 0. The van der Waals surface area contributed by atoms with Gasteiger partial charge in [0, 0.05) is 24.2 Å². The Balaban J connectivity index is 2.20. The summed E-state index contributed by atoms with van der Waals surface area (Å²) in [6.07, 6.45) is 8.34. The van der Waals surface area contributed by atoms with Gasteiger partial charge in [-0.3, -0.25) is 4.79 Å². The standard InChI is InChI=1S/C12H11N3O/c13-12(16)6-3-10-1-4-11(5-2-10)15-8-7-14-9-15/h1-9H,(H2,13,16)/b6-3+. The molecule has 1 aromatic heterocycles. The SMILES string of the molecule is NC(=O)/C=C/c1ccc(-n2ccnc2)cc1. The first kappa shape index (κ1) is 10.2. The lowest BCUT2D eigenvalue weighted by Crippen LogP contribution is -2.05. The van der Waals surface area contributed by atoms with Gasteiger partial charge in [-0.2, -0.15) is 0 Å². The molecule has 0 radical (unpaired) electrons. The highest BCUT2D eigenvalue weighted by molar-refractivity contribution is 5.90. The van der Waals surface area contributed by atoms with Crippen LogP contribution in [0.25, 0.3) is 11.8 Å². The van der Waals surface area contributed by atoms with Crippen LogP contribution in [0, 0.1) is 0 Å². The molecule has 4 heteroatoms. The first-order valence-corrected chi connectivity index (χ1v) is 4.81. The molecule has 0 aliphatic rings. The van der Waals surface area contributed by atoms with Crippen LogP contribution in [0.1, 0.15) is 5.56 Å². The predicted octanol–water partition coefficient (Wildman–Crippen LogP) is 1.37. The zero-order chi connectivity index (χ0) is 11.4. The van der Waals surface area contributed by atoms with Crippen LogP contribution in [-0.4, -0.2) is 15.5 Å². The molecule has 0 bridgehead atoms. The number of benzene rings is 1. The zero-order valence-corrected chi connectivity index (χ0v) is 8.58. The van der Waals surface area contributed by atoms with Crippen LogP contribution < -0.4 is 5.73 Å². The summed E-state index contributed by atoms with van der Waals surface area (Å²) in [5, 5.41) is 0. The monoisotopic (exact) mass is 213 g/mol. The molecule has 0 fully saturated rings. The molecule has 0 aliphatic heterocycles. The molecule has 0 saturated heterocycles. The van der Waals surface area contributed by atoms with Crippen molar-refractivity contribution in [1.82, 2.24) is 9.55 Å². The van der Waals surface area contributed by atoms with E-state index in [0.717, 1.165) is 11.3 Å². The predicted molar refractivity (Wildman–Crippen MR) is 61.8 cm³/mol. The zero-order valence-electron chi connectivity index (χ0n) is 8.58. The van der Waals surface area contributed by atoms with Gasteiger partial charge in [0.15, 0.2) is 0 Å². The van der Waals surface area contributed by atoms with Gasteiger partial charge in [0.2, 0.25) is 5.91 Å². The van der Waals surface area contributed by atoms with Gasteiger partial charge < -0.3 is 10.3 Å². The summed E-state index contributed by atoms with van der Waals surface area (Å²) in [6, 6.07) is 7.72. The molecule has 16 heavy (non-hydrogen) atoms. The smallest absolute Gasteiger partial charge is 0.241 e. The van der Waals surface area contributed by atoms with Gasteiger partial charge >= 0.3 is 0 Å². The quantitative estimate of drug-likeness (QED) is 0.783. The number of hydrogen-bond acceptors (Lipinski definition) is 2. The molecule has 0 aliphatic carbocycles. The van der Waals surface area contributed by atoms with E-state index >= 15 is 0 Å². The first-order chi connectivity index (χ1) is 7.75. The number of hydrogen-bond donors (Lipinski definition) is 1. The maximum Gasteiger partial charge on any atom is 0.241 e. The molecule has 1 aromatic carbocycles. The Morgan fingerprint density at radius 1 is 1.31 bits per heavy atom. The summed E-state index contributed by atoms with van der Waals surface area (Å²) in [6.45, 7) is 0. The third kappa shape index (κ3) is 2.36. The second-order valence-electron chi connectivity index (χ2n) is 3.30. The summed E-state index contributed by atoms with van der Waals surface area (Å²) in [5.41, 5.74) is 6.96. The van der Waals surface area contributed by atoms with E-state index in [1.54, 1.807) is 18.6 Å². The fourth-order valence-electron chi connectivity index (χ4n) is 1.35. The number of aromatic nitrogens is 2. The van der Waals surface area contributed by atoms with Crippen LogP contribution in [0.4, 0.5) is 0 Å². The minimum atomic E-state index is -0.446. The topological polar surface area (TPSA) is 60.9 Å². The number of carbonyl (C=O) groups excluding carboxylic acids is 1. The maximum atomic E-state index is 10.5. The molecule has 0 atom stereocenters. The van der Waals surface area contributed by atoms with Crippen molar-refractivity contribution in [2.75, 3.05) is 0 Å². The molecule has 80 valence electrons. The van der Waals surface area contributed by atoms with Gasteiger partial charge in [-0.05, 0) is 23.8 Å². The van der Waals surface area contributed by atoms with Crippen molar-refractivity contribution < 1.29 is 4.79 Å². The summed E-state index contributed by atoms with van der Waals surface area (Å²) < 4.78 is 1.90. The van der Waals surface area contributed by atoms with Crippen LogP contribution in [0.15, 0.2) is 49.1 Å².